The van der Waals surface area contributed by atoms with Crippen LogP contribution in [-0.2, 0) is 13.0 Å². The summed E-state index contributed by atoms with van der Waals surface area (Å²) in [5.74, 6) is 0. The Kier molecular flexibility index (Phi) is 3.72. The molecule has 0 aliphatic carbocycles. The van der Waals surface area contributed by atoms with Crippen LogP contribution >= 0.6 is 11.6 Å². The van der Waals surface area contributed by atoms with Crippen molar-refractivity contribution in [1.82, 2.24) is 0 Å². The van der Waals surface area contributed by atoms with Crippen LogP contribution in [0.25, 0.3) is 0 Å². The fourth-order valence-electron chi connectivity index (χ4n) is 1.29. The summed E-state index contributed by atoms with van der Waals surface area (Å²) in [6.45, 7) is 1.96. The maximum atomic E-state index is 9.06. The van der Waals surface area contributed by atoms with Gasteiger partial charge in [0.15, 0.2) is 0 Å². The molecule has 1 aromatic carbocycles. The molecule has 0 aromatic heterocycles. The first kappa shape index (κ1) is 10.5. The third kappa shape index (κ3) is 2.99. The van der Waals surface area contributed by atoms with E-state index >= 15 is 0 Å². The van der Waals surface area contributed by atoms with Gasteiger partial charge in [0.1, 0.15) is 0 Å². The number of hydrogen-bond donors (Lipinski definition) is 2. The molecule has 3 heteroatoms. The molecule has 3 N–H and O–H groups in total. The highest BCUT2D eigenvalue weighted by molar-refractivity contribution is 6.30. The van der Waals surface area contributed by atoms with Gasteiger partial charge in [-0.1, -0.05) is 17.7 Å². The lowest BCUT2D eigenvalue weighted by molar-refractivity contribution is 0.280. The van der Waals surface area contributed by atoms with Crippen LogP contribution in [0.3, 0.4) is 0 Å². The van der Waals surface area contributed by atoms with E-state index in [2.05, 4.69) is 0 Å². The Morgan fingerprint density at radius 2 is 2.15 bits per heavy atom. The van der Waals surface area contributed by atoms with Gasteiger partial charge in [0.25, 0.3) is 0 Å². The minimum absolute atomic E-state index is 0.0165. The van der Waals surface area contributed by atoms with Crippen molar-refractivity contribution < 1.29 is 5.11 Å². The summed E-state index contributed by atoms with van der Waals surface area (Å²) in [7, 11) is 0. The van der Waals surface area contributed by atoms with Gasteiger partial charge in [0.05, 0.1) is 6.61 Å². The Morgan fingerprint density at radius 1 is 1.46 bits per heavy atom. The molecule has 0 radical (unpaired) electrons. The fraction of sp³-hybridized carbons (Fsp3) is 0.400. The van der Waals surface area contributed by atoms with Gasteiger partial charge >= 0.3 is 0 Å². The summed E-state index contributed by atoms with van der Waals surface area (Å²) in [5, 5.41) is 9.71. The molecule has 0 saturated carbocycles. The van der Waals surface area contributed by atoms with Crippen molar-refractivity contribution in [2.45, 2.75) is 26.0 Å². The van der Waals surface area contributed by atoms with Crippen molar-refractivity contribution in [1.29, 1.82) is 0 Å². The van der Waals surface area contributed by atoms with Gasteiger partial charge in [-0.25, -0.2) is 0 Å². The number of hydrogen-bond acceptors (Lipinski definition) is 2. The van der Waals surface area contributed by atoms with E-state index in [0.717, 1.165) is 17.5 Å². The predicted octanol–water partition coefficient (Wildman–Crippen LogP) is 1.72. The number of benzene rings is 1. The minimum atomic E-state index is 0.0165. The van der Waals surface area contributed by atoms with Gasteiger partial charge in [0, 0.05) is 11.1 Å². The molecule has 0 fully saturated rings. The average molecular weight is 200 g/mol. The Hall–Kier alpha value is -0.570. The molecule has 0 spiro atoms. The minimum Gasteiger partial charge on any atom is -0.392 e. The van der Waals surface area contributed by atoms with Crippen LogP contribution in [0, 0.1) is 0 Å². The van der Waals surface area contributed by atoms with Crippen LogP contribution in [0.4, 0.5) is 0 Å². The quantitative estimate of drug-likeness (QED) is 0.779. The van der Waals surface area contributed by atoms with Crippen LogP contribution in [0.1, 0.15) is 18.1 Å². The second-order valence-electron chi connectivity index (χ2n) is 3.25. The van der Waals surface area contributed by atoms with Gasteiger partial charge in [-0.15, -0.1) is 0 Å². The summed E-state index contributed by atoms with van der Waals surface area (Å²) in [6, 6.07) is 5.61. The zero-order valence-electron chi connectivity index (χ0n) is 7.63. The van der Waals surface area contributed by atoms with Crippen molar-refractivity contribution in [2.24, 2.45) is 5.73 Å². The van der Waals surface area contributed by atoms with E-state index in [0.29, 0.717) is 5.02 Å². The fourth-order valence-corrected chi connectivity index (χ4v) is 1.48. The Morgan fingerprint density at radius 3 is 2.69 bits per heavy atom. The topological polar surface area (TPSA) is 46.2 Å². The lowest BCUT2D eigenvalue weighted by atomic mass is 10.0. The molecule has 1 unspecified atom stereocenters. The maximum Gasteiger partial charge on any atom is 0.0685 e. The summed E-state index contributed by atoms with van der Waals surface area (Å²) in [4.78, 5) is 0. The molecule has 0 aliphatic heterocycles. The van der Waals surface area contributed by atoms with Crippen LogP contribution in [-0.4, -0.2) is 11.1 Å². The molecule has 2 nitrogen and oxygen atoms in total. The lowest BCUT2D eigenvalue weighted by Crippen LogP contribution is -2.18. The second-order valence-corrected chi connectivity index (χ2v) is 3.69. The van der Waals surface area contributed by atoms with Crippen molar-refractivity contribution in [2.75, 3.05) is 0 Å². The predicted molar refractivity (Wildman–Crippen MR) is 54.7 cm³/mol. The van der Waals surface area contributed by atoms with E-state index in [1.807, 2.05) is 19.1 Å². The number of nitrogens with two attached hydrogens (primary N) is 1. The largest absolute Gasteiger partial charge is 0.392 e. The molecule has 1 rings (SSSR count). The lowest BCUT2D eigenvalue weighted by Gasteiger charge is -2.09. The Bertz CT molecular complexity index is 286. The van der Waals surface area contributed by atoms with Crippen molar-refractivity contribution in [3.05, 3.63) is 34.3 Å². The molecule has 1 aromatic rings. The summed E-state index contributed by atoms with van der Waals surface area (Å²) >= 11 is 5.79. The monoisotopic (exact) mass is 199 g/mol. The highest BCUT2D eigenvalue weighted by Gasteiger charge is 2.04. The number of aliphatic hydroxyl groups is 1. The van der Waals surface area contributed by atoms with Crippen molar-refractivity contribution in [3.8, 4) is 0 Å². The highest BCUT2D eigenvalue weighted by atomic mass is 35.5. The standard InChI is InChI=1S/C10H14ClNO/c1-7(12)4-8-2-3-10(11)5-9(8)6-13/h2-3,5,7,13H,4,6,12H2,1H3. The molecule has 13 heavy (non-hydrogen) atoms. The first-order valence-corrected chi connectivity index (χ1v) is 4.65. The smallest absolute Gasteiger partial charge is 0.0685 e. The highest BCUT2D eigenvalue weighted by Crippen LogP contribution is 2.17. The molecular formula is C10H14ClNO. The van der Waals surface area contributed by atoms with E-state index in [1.165, 1.54) is 0 Å². The molecule has 0 aliphatic rings. The zero-order chi connectivity index (χ0) is 9.84. The molecule has 72 valence electrons. The summed E-state index contributed by atoms with van der Waals surface area (Å²) < 4.78 is 0. The first-order chi connectivity index (χ1) is 6.13. The van der Waals surface area contributed by atoms with Crippen LogP contribution in [0.2, 0.25) is 5.02 Å². The van der Waals surface area contributed by atoms with Crippen LogP contribution in [0.5, 0.6) is 0 Å². The molecule has 1 atom stereocenters. The summed E-state index contributed by atoms with van der Waals surface area (Å²) in [6.07, 6.45) is 0.771. The second kappa shape index (κ2) is 4.61. The molecule has 0 amide bonds. The van der Waals surface area contributed by atoms with E-state index in [4.69, 9.17) is 22.4 Å². The third-order valence-corrected chi connectivity index (χ3v) is 2.12. The number of aliphatic hydroxyl groups excluding tert-OH is 1. The normalized spacial score (nSPS) is 12.9. The van der Waals surface area contributed by atoms with E-state index in [1.54, 1.807) is 6.07 Å². The van der Waals surface area contributed by atoms with Gasteiger partial charge in [-0.3, -0.25) is 0 Å². The van der Waals surface area contributed by atoms with Crippen molar-refractivity contribution in [3.63, 3.8) is 0 Å². The third-order valence-electron chi connectivity index (χ3n) is 1.88. The maximum absolute atomic E-state index is 9.06. The first-order valence-electron chi connectivity index (χ1n) is 4.27. The number of halogens is 1. The van der Waals surface area contributed by atoms with Crippen molar-refractivity contribution >= 4 is 11.6 Å². The molecule has 0 bridgehead atoms. The number of rotatable bonds is 3. The van der Waals surface area contributed by atoms with Crippen LogP contribution in [0.15, 0.2) is 18.2 Å². The summed E-state index contributed by atoms with van der Waals surface area (Å²) in [5.41, 5.74) is 7.61. The molecule has 0 saturated heterocycles. The van der Waals surface area contributed by atoms with E-state index in [9.17, 15) is 0 Å². The Labute approximate surface area is 83.3 Å². The van der Waals surface area contributed by atoms with Crippen LogP contribution < -0.4 is 5.73 Å². The van der Waals surface area contributed by atoms with E-state index in [-0.39, 0.29) is 12.6 Å². The van der Waals surface area contributed by atoms with E-state index < -0.39 is 0 Å². The van der Waals surface area contributed by atoms with Gasteiger partial charge < -0.3 is 10.8 Å². The SMILES string of the molecule is CC(N)Cc1ccc(Cl)cc1CO. The molecule has 0 heterocycles. The zero-order valence-corrected chi connectivity index (χ0v) is 8.38. The molecular weight excluding hydrogens is 186 g/mol. The van der Waals surface area contributed by atoms with Gasteiger partial charge in [-0.2, -0.15) is 0 Å². The van der Waals surface area contributed by atoms with Gasteiger partial charge in [0.2, 0.25) is 0 Å². The average Bonchev–Trinajstić information content (AvgIpc) is 2.07. The Balaban J connectivity index is 2.92. The van der Waals surface area contributed by atoms with Gasteiger partial charge in [-0.05, 0) is 36.6 Å².